The van der Waals surface area contributed by atoms with Crippen LogP contribution in [0.15, 0.2) is 12.2 Å². The van der Waals surface area contributed by atoms with Gasteiger partial charge in [0.2, 0.25) is 0 Å². The smallest absolute Gasteiger partial charge is 0.306 e. The summed E-state index contributed by atoms with van der Waals surface area (Å²) in [5.41, 5.74) is 0. The zero-order chi connectivity index (χ0) is 46.4. The van der Waals surface area contributed by atoms with E-state index in [0.717, 1.165) is 44.9 Å². The van der Waals surface area contributed by atoms with Gasteiger partial charge < -0.3 is 39.4 Å². The van der Waals surface area contributed by atoms with Crippen molar-refractivity contribution >= 4 is 5.97 Å². The van der Waals surface area contributed by atoms with Gasteiger partial charge in [0, 0.05) is 13.0 Å². The molecule has 380 valence electrons. The average Bonchev–Trinajstić information content (AvgIpc) is 3.30. The predicted octanol–water partition coefficient (Wildman–Crippen LogP) is 13.9. The maximum Gasteiger partial charge on any atom is 0.306 e. The maximum atomic E-state index is 12.8. The molecule has 9 heteroatoms. The summed E-state index contributed by atoms with van der Waals surface area (Å²) < 4.78 is 22.9. The number of allylic oxidation sites excluding steroid dienone is 2. The van der Waals surface area contributed by atoms with E-state index < -0.39 is 43.4 Å². The Bertz CT molecular complexity index is 993. The minimum atomic E-state index is -1.53. The average molecular weight is 911 g/mol. The lowest BCUT2D eigenvalue weighted by Gasteiger charge is -2.39. The van der Waals surface area contributed by atoms with Crippen LogP contribution in [0.5, 0.6) is 0 Å². The Labute approximate surface area is 395 Å². The molecule has 6 atom stereocenters. The highest BCUT2D eigenvalue weighted by Crippen LogP contribution is 2.23. The normalized spacial score (nSPS) is 19.5. The lowest BCUT2D eigenvalue weighted by atomic mass is 9.99. The Morgan fingerprint density at radius 2 is 0.859 bits per heavy atom. The summed E-state index contributed by atoms with van der Waals surface area (Å²) in [6, 6.07) is 0. The van der Waals surface area contributed by atoms with Crippen LogP contribution < -0.4 is 0 Å². The summed E-state index contributed by atoms with van der Waals surface area (Å²) in [6.45, 7) is 4.61. The first-order valence-corrected chi connectivity index (χ1v) is 27.8. The lowest BCUT2D eigenvalue weighted by Crippen LogP contribution is -2.59. The molecule has 1 heterocycles. The minimum absolute atomic E-state index is 0.111. The van der Waals surface area contributed by atoms with Crippen LogP contribution in [0.4, 0.5) is 0 Å². The molecule has 1 aliphatic rings. The van der Waals surface area contributed by atoms with Crippen molar-refractivity contribution in [3.8, 4) is 0 Å². The highest BCUT2D eigenvalue weighted by Gasteiger charge is 2.44. The molecule has 1 fully saturated rings. The number of esters is 1. The molecule has 0 aromatic carbocycles. The van der Waals surface area contributed by atoms with Crippen molar-refractivity contribution in [2.45, 2.75) is 307 Å². The van der Waals surface area contributed by atoms with E-state index in [1.807, 2.05) is 0 Å². The Kier molecular flexibility index (Phi) is 44.8. The van der Waals surface area contributed by atoms with E-state index in [0.29, 0.717) is 13.0 Å². The zero-order valence-electron chi connectivity index (χ0n) is 42.1. The van der Waals surface area contributed by atoms with Crippen molar-refractivity contribution < 1.29 is 44.2 Å². The number of hydrogen-bond donors (Lipinski definition) is 4. The van der Waals surface area contributed by atoms with Crippen molar-refractivity contribution in [3.05, 3.63) is 12.2 Å². The number of unbranched alkanes of at least 4 members (excludes halogenated alkanes) is 36. The van der Waals surface area contributed by atoms with Gasteiger partial charge in [-0.2, -0.15) is 0 Å². The fourth-order valence-electron chi connectivity index (χ4n) is 8.84. The van der Waals surface area contributed by atoms with E-state index in [-0.39, 0.29) is 19.2 Å². The van der Waals surface area contributed by atoms with Crippen LogP contribution in [0, 0.1) is 0 Å². The van der Waals surface area contributed by atoms with Gasteiger partial charge in [-0.1, -0.05) is 238 Å². The van der Waals surface area contributed by atoms with Crippen LogP contribution in [0.25, 0.3) is 0 Å². The van der Waals surface area contributed by atoms with Crippen molar-refractivity contribution in [2.75, 3.05) is 26.4 Å². The summed E-state index contributed by atoms with van der Waals surface area (Å²) >= 11 is 0. The molecule has 9 nitrogen and oxygen atoms in total. The minimum Gasteiger partial charge on any atom is -0.457 e. The summed E-state index contributed by atoms with van der Waals surface area (Å²) in [7, 11) is 0. The molecule has 1 aliphatic heterocycles. The predicted molar refractivity (Wildman–Crippen MR) is 266 cm³/mol. The Balaban J connectivity index is 2.13. The van der Waals surface area contributed by atoms with Gasteiger partial charge >= 0.3 is 5.97 Å². The van der Waals surface area contributed by atoms with Crippen LogP contribution in [-0.2, 0) is 23.7 Å². The van der Waals surface area contributed by atoms with Crippen molar-refractivity contribution in [3.63, 3.8) is 0 Å². The molecule has 1 saturated heterocycles. The topological polar surface area (TPSA) is 135 Å². The van der Waals surface area contributed by atoms with Gasteiger partial charge in [0.05, 0.1) is 19.8 Å². The summed E-state index contributed by atoms with van der Waals surface area (Å²) in [5.74, 6) is -0.315. The van der Waals surface area contributed by atoms with Crippen LogP contribution >= 0.6 is 0 Å². The first-order chi connectivity index (χ1) is 31.4. The molecule has 0 amide bonds. The highest BCUT2D eigenvalue weighted by atomic mass is 16.7. The molecule has 0 saturated carbocycles. The number of carbonyl (C=O) groups is 1. The summed E-state index contributed by atoms with van der Waals surface area (Å²) in [6.07, 6.45) is 48.3. The maximum absolute atomic E-state index is 12.8. The fraction of sp³-hybridized carbons (Fsp3) is 0.945. The van der Waals surface area contributed by atoms with Gasteiger partial charge in [0.15, 0.2) is 6.29 Å². The molecule has 0 bridgehead atoms. The van der Waals surface area contributed by atoms with Crippen LogP contribution in [0.3, 0.4) is 0 Å². The standard InChI is InChI=1S/C55H106O9/c1-3-5-7-9-11-13-15-17-19-21-22-23-24-25-26-27-28-29-31-33-35-37-39-41-43-45-61-47-49(48-62-55-54(60)53(59)52(58)50(46-56)64-55)63-51(57)44-42-40-38-36-34-32-30-20-18-16-14-12-10-8-6-4-2/h20,30,49-50,52-56,58-60H,3-19,21-29,31-48H2,1-2H3/b30-20-. The van der Waals surface area contributed by atoms with Gasteiger partial charge in [0.25, 0.3) is 0 Å². The lowest BCUT2D eigenvalue weighted by molar-refractivity contribution is -0.305. The number of aliphatic hydroxyl groups is 4. The molecule has 0 aliphatic carbocycles. The molecule has 4 N–H and O–H groups in total. The molecule has 64 heavy (non-hydrogen) atoms. The molecule has 6 unspecified atom stereocenters. The Morgan fingerprint density at radius 1 is 0.484 bits per heavy atom. The Morgan fingerprint density at radius 3 is 1.27 bits per heavy atom. The summed E-state index contributed by atoms with van der Waals surface area (Å²) in [4.78, 5) is 12.8. The molecule has 1 rings (SSSR count). The monoisotopic (exact) mass is 911 g/mol. The van der Waals surface area contributed by atoms with Crippen LogP contribution in [0.1, 0.15) is 271 Å². The van der Waals surface area contributed by atoms with E-state index >= 15 is 0 Å². The highest BCUT2D eigenvalue weighted by molar-refractivity contribution is 5.69. The first-order valence-electron chi connectivity index (χ1n) is 27.8. The van der Waals surface area contributed by atoms with Crippen molar-refractivity contribution in [1.29, 1.82) is 0 Å². The Hall–Kier alpha value is -1.07. The van der Waals surface area contributed by atoms with E-state index in [4.69, 9.17) is 18.9 Å². The van der Waals surface area contributed by atoms with Crippen molar-refractivity contribution in [2.24, 2.45) is 0 Å². The largest absolute Gasteiger partial charge is 0.457 e. The third-order valence-corrected chi connectivity index (χ3v) is 13.2. The SMILES string of the molecule is CCCCCCCCC/C=C\CCCCCCCC(=O)OC(COCCCCCCCCCCCCCCCCCCCCCCCCCCC)COC1OC(CO)C(O)C(O)C1O. The third-order valence-electron chi connectivity index (χ3n) is 13.2. The third kappa shape index (κ3) is 37.0. The number of carbonyl (C=O) groups excluding carboxylic acids is 1. The second-order valence-corrected chi connectivity index (χ2v) is 19.4. The second-order valence-electron chi connectivity index (χ2n) is 19.4. The molecule has 0 aromatic heterocycles. The number of ether oxygens (including phenoxy) is 4. The first kappa shape index (κ1) is 60.9. The van der Waals surface area contributed by atoms with Crippen molar-refractivity contribution in [1.82, 2.24) is 0 Å². The van der Waals surface area contributed by atoms with Gasteiger partial charge in [-0.15, -0.1) is 0 Å². The molecular formula is C55H106O9. The van der Waals surface area contributed by atoms with E-state index in [1.54, 1.807) is 0 Å². The van der Waals surface area contributed by atoms with E-state index in [9.17, 15) is 25.2 Å². The van der Waals surface area contributed by atoms with Gasteiger partial charge in [0.1, 0.15) is 30.5 Å². The second kappa shape index (κ2) is 47.0. The molecule has 0 radical (unpaired) electrons. The molecule has 0 aromatic rings. The number of aliphatic hydroxyl groups excluding tert-OH is 4. The van der Waals surface area contributed by atoms with Crippen LogP contribution in [-0.4, -0.2) is 89.6 Å². The number of rotatable bonds is 49. The van der Waals surface area contributed by atoms with Gasteiger partial charge in [-0.05, 0) is 38.5 Å². The van der Waals surface area contributed by atoms with E-state index in [2.05, 4.69) is 26.0 Å². The molecule has 0 spiro atoms. The number of hydrogen-bond acceptors (Lipinski definition) is 9. The quantitative estimate of drug-likeness (QED) is 0.0267. The van der Waals surface area contributed by atoms with E-state index in [1.165, 1.54) is 205 Å². The molecular weight excluding hydrogens is 805 g/mol. The van der Waals surface area contributed by atoms with Gasteiger partial charge in [-0.25, -0.2) is 0 Å². The fourth-order valence-corrected chi connectivity index (χ4v) is 8.84. The zero-order valence-corrected chi connectivity index (χ0v) is 42.1. The van der Waals surface area contributed by atoms with Gasteiger partial charge in [-0.3, -0.25) is 4.79 Å². The van der Waals surface area contributed by atoms with Crippen LogP contribution in [0.2, 0.25) is 0 Å². The summed E-state index contributed by atoms with van der Waals surface area (Å²) in [5, 5.41) is 40.3.